The summed E-state index contributed by atoms with van der Waals surface area (Å²) in [5.74, 6) is -0.509. The lowest BCUT2D eigenvalue weighted by atomic mass is 9.95. The van der Waals surface area contributed by atoms with Crippen molar-refractivity contribution in [1.82, 2.24) is 0 Å². The molecule has 1 aromatic rings. The third kappa shape index (κ3) is 2.91. The summed E-state index contributed by atoms with van der Waals surface area (Å²) in [6.45, 7) is 4.86. The molecule has 0 saturated carbocycles. The van der Waals surface area contributed by atoms with Crippen molar-refractivity contribution in [2.75, 3.05) is 5.32 Å². The zero-order valence-electron chi connectivity index (χ0n) is 13.8. The molecule has 0 bridgehead atoms. The Bertz CT molecular complexity index is 593. The highest BCUT2D eigenvalue weighted by Gasteiger charge is 2.21. The molecule has 3 nitrogen and oxygen atoms in total. The standard InChI is InChI=1S/C12H15NO2/c1-12(2,3)11(15)13-10-7-5-4-6-9(10)8-14/h4-8H,1-3H3,(H,13,15)/i4D,5D,6D,7D,8D. The monoisotopic (exact) mass is 210 g/mol. The van der Waals surface area contributed by atoms with Crippen molar-refractivity contribution < 1.29 is 16.4 Å². The van der Waals surface area contributed by atoms with E-state index in [0.29, 0.717) is 0 Å². The third-order valence-electron chi connectivity index (χ3n) is 1.71. The summed E-state index contributed by atoms with van der Waals surface area (Å²) < 4.78 is 37.5. The fourth-order valence-corrected chi connectivity index (χ4v) is 0.784. The van der Waals surface area contributed by atoms with Gasteiger partial charge in [0.15, 0.2) is 6.26 Å². The van der Waals surface area contributed by atoms with Gasteiger partial charge in [-0.3, -0.25) is 9.59 Å². The summed E-state index contributed by atoms with van der Waals surface area (Å²) in [5, 5.41) is 2.32. The summed E-state index contributed by atoms with van der Waals surface area (Å²) in [5.41, 5.74) is -1.69. The first-order chi connectivity index (χ1) is 8.98. The van der Waals surface area contributed by atoms with Crippen LogP contribution in [0.4, 0.5) is 5.69 Å². The Morgan fingerprint density at radius 2 is 2.07 bits per heavy atom. The average molecular weight is 210 g/mol. The second-order valence-corrected chi connectivity index (χ2v) is 4.06. The smallest absolute Gasteiger partial charge is 0.229 e. The molecule has 0 fully saturated rings. The quantitative estimate of drug-likeness (QED) is 0.762. The van der Waals surface area contributed by atoms with Gasteiger partial charge < -0.3 is 5.32 Å². The van der Waals surface area contributed by atoms with Crippen molar-refractivity contribution in [3.8, 4) is 0 Å². The number of rotatable bonds is 2. The fraction of sp³-hybridized carbons (Fsp3) is 0.333. The molecule has 0 aliphatic heterocycles. The van der Waals surface area contributed by atoms with Crippen molar-refractivity contribution in [3.63, 3.8) is 0 Å². The summed E-state index contributed by atoms with van der Waals surface area (Å²) in [6, 6.07) is -2.35. The number of para-hydroxylation sites is 1. The number of aldehydes is 1. The van der Waals surface area contributed by atoms with Crippen LogP contribution in [0.15, 0.2) is 24.2 Å². The van der Waals surface area contributed by atoms with E-state index in [1.807, 2.05) is 0 Å². The van der Waals surface area contributed by atoms with Gasteiger partial charge in [0, 0.05) is 11.0 Å². The molecule has 0 radical (unpaired) electrons. The molecule has 1 N–H and O–H groups in total. The molecule has 0 aromatic heterocycles. The normalized spacial score (nSPS) is 15.5. The molecule has 0 spiro atoms. The molecule has 0 unspecified atom stereocenters. The Balaban J connectivity index is 3.53. The number of anilines is 1. The highest BCUT2D eigenvalue weighted by Crippen LogP contribution is 2.19. The SMILES string of the molecule is [2H]C(=O)c1c([2H])c([2H])c([2H])c([2H])c1NC(=O)C(C)(C)C. The van der Waals surface area contributed by atoms with Crippen LogP contribution in [0.2, 0.25) is 0 Å². The van der Waals surface area contributed by atoms with E-state index in [0.717, 1.165) is 0 Å². The third-order valence-corrected chi connectivity index (χ3v) is 1.71. The number of hydrogen-bond acceptors (Lipinski definition) is 2. The zero-order chi connectivity index (χ0) is 15.8. The lowest BCUT2D eigenvalue weighted by Crippen LogP contribution is -2.28. The van der Waals surface area contributed by atoms with Crippen molar-refractivity contribution in [3.05, 3.63) is 29.7 Å². The number of benzene rings is 1. The molecule has 80 valence electrons. The Morgan fingerprint density at radius 1 is 1.47 bits per heavy atom. The van der Waals surface area contributed by atoms with Crippen LogP contribution in [0.25, 0.3) is 0 Å². The number of carbonyl (C=O) groups is 2. The van der Waals surface area contributed by atoms with Crippen LogP contribution in [0.3, 0.4) is 0 Å². The molecule has 0 aliphatic rings. The van der Waals surface area contributed by atoms with E-state index in [1.54, 1.807) is 20.8 Å². The Kier molecular flexibility index (Phi) is 1.72. The Morgan fingerprint density at radius 3 is 2.60 bits per heavy atom. The van der Waals surface area contributed by atoms with Crippen molar-refractivity contribution in [2.45, 2.75) is 20.8 Å². The van der Waals surface area contributed by atoms with Crippen LogP contribution in [-0.2, 0) is 4.79 Å². The first-order valence-electron chi connectivity index (χ1n) is 6.91. The minimum absolute atomic E-state index is 0.351. The first kappa shape index (κ1) is 6.05. The number of amides is 1. The van der Waals surface area contributed by atoms with E-state index in [1.165, 1.54) is 0 Å². The second kappa shape index (κ2) is 4.26. The van der Waals surface area contributed by atoms with Crippen LogP contribution in [-0.4, -0.2) is 12.2 Å². The molecule has 0 atom stereocenters. The number of carbonyl (C=O) groups excluding carboxylic acids is 2. The van der Waals surface area contributed by atoms with E-state index < -0.39 is 47.3 Å². The minimum atomic E-state index is -1.28. The largest absolute Gasteiger partial charge is 0.325 e. The summed E-state index contributed by atoms with van der Waals surface area (Å²) in [4.78, 5) is 23.2. The molecular formula is C12H15NO2. The van der Waals surface area contributed by atoms with Gasteiger partial charge in [0.05, 0.1) is 11.2 Å². The lowest BCUT2D eigenvalue weighted by molar-refractivity contribution is -0.123. The van der Waals surface area contributed by atoms with Gasteiger partial charge in [-0.15, -0.1) is 0 Å². The molecule has 1 amide bonds. The first-order valence-corrected chi connectivity index (χ1v) is 4.41. The highest BCUT2D eigenvalue weighted by molar-refractivity contribution is 5.98. The zero-order valence-corrected chi connectivity index (χ0v) is 8.82. The molecule has 3 heteroatoms. The molecule has 0 saturated heterocycles. The summed E-state index contributed by atoms with van der Waals surface area (Å²) >= 11 is 0. The van der Waals surface area contributed by atoms with Gasteiger partial charge in [-0.1, -0.05) is 32.9 Å². The Hall–Kier alpha value is -1.64. The predicted molar refractivity (Wildman–Crippen MR) is 59.9 cm³/mol. The second-order valence-electron chi connectivity index (χ2n) is 4.06. The fourth-order valence-electron chi connectivity index (χ4n) is 0.784. The van der Waals surface area contributed by atoms with Crippen LogP contribution in [0.5, 0.6) is 0 Å². The predicted octanol–water partition coefficient (Wildman–Crippen LogP) is 2.48. The average Bonchev–Trinajstić information content (AvgIpc) is 2.31. The van der Waals surface area contributed by atoms with E-state index >= 15 is 0 Å². The van der Waals surface area contributed by atoms with Crippen molar-refractivity contribution in [1.29, 1.82) is 0 Å². The van der Waals surface area contributed by atoms with E-state index in [9.17, 15) is 9.59 Å². The molecular weight excluding hydrogens is 190 g/mol. The summed E-state index contributed by atoms with van der Waals surface area (Å²) in [6.07, 6.45) is -1.28. The van der Waals surface area contributed by atoms with Gasteiger partial charge in [0.2, 0.25) is 5.91 Å². The molecule has 15 heavy (non-hydrogen) atoms. The lowest BCUT2D eigenvalue weighted by Gasteiger charge is -2.18. The van der Waals surface area contributed by atoms with E-state index in [2.05, 4.69) is 5.32 Å². The van der Waals surface area contributed by atoms with Crippen LogP contribution < -0.4 is 5.32 Å². The molecule has 1 rings (SSSR count). The van der Waals surface area contributed by atoms with Gasteiger partial charge in [-0.05, 0) is 12.1 Å². The maximum Gasteiger partial charge on any atom is 0.229 e. The maximum absolute atomic E-state index is 11.9. The molecule has 0 aliphatic carbocycles. The topological polar surface area (TPSA) is 46.2 Å². The van der Waals surface area contributed by atoms with Gasteiger partial charge in [-0.25, -0.2) is 0 Å². The van der Waals surface area contributed by atoms with Crippen molar-refractivity contribution in [2.24, 2.45) is 5.41 Å². The highest BCUT2D eigenvalue weighted by atomic mass is 16.2. The molecule has 0 heterocycles. The number of hydrogen-bond donors (Lipinski definition) is 1. The maximum atomic E-state index is 11.9. The minimum Gasteiger partial charge on any atom is -0.325 e. The molecule has 1 aromatic carbocycles. The van der Waals surface area contributed by atoms with Gasteiger partial charge >= 0.3 is 0 Å². The van der Waals surface area contributed by atoms with Crippen LogP contribution in [0, 0.1) is 5.41 Å². The van der Waals surface area contributed by atoms with Crippen LogP contribution in [0.1, 0.15) is 38.0 Å². The van der Waals surface area contributed by atoms with Gasteiger partial charge in [0.25, 0.3) is 0 Å². The van der Waals surface area contributed by atoms with Gasteiger partial charge in [0.1, 0.15) is 1.37 Å². The van der Waals surface area contributed by atoms with E-state index in [4.69, 9.17) is 6.85 Å². The number of nitrogens with one attached hydrogen (secondary N) is 1. The Labute approximate surface area is 96.5 Å². The van der Waals surface area contributed by atoms with Gasteiger partial charge in [-0.2, -0.15) is 0 Å². The summed E-state index contributed by atoms with van der Waals surface area (Å²) in [7, 11) is 0. The van der Waals surface area contributed by atoms with E-state index in [-0.39, 0.29) is 5.69 Å². The van der Waals surface area contributed by atoms with Crippen LogP contribution >= 0.6 is 0 Å². The van der Waals surface area contributed by atoms with Crippen molar-refractivity contribution >= 4 is 17.9 Å².